The van der Waals surface area contributed by atoms with Gasteiger partial charge in [0.2, 0.25) is 5.90 Å². The van der Waals surface area contributed by atoms with Gasteiger partial charge >= 0.3 is 0 Å². The van der Waals surface area contributed by atoms with E-state index in [1.807, 2.05) is 6.07 Å². The van der Waals surface area contributed by atoms with Gasteiger partial charge in [0, 0.05) is 42.7 Å². The fraction of sp³-hybridized carbons (Fsp3) is 0.364. The van der Waals surface area contributed by atoms with Gasteiger partial charge < -0.3 is 14.6 Å². The number of aliphatic hydroxyl groups excluding tert-OH is 1. The van der Waals surface area contributed by atoms with Crippen LogP contribution in [-0.2, 0) is 16.0 Å². The van der Waals surface area contributed by atoms with Crippen LogP contribution in [0.3, 0.4) is 0 Å². The molecule has 3 rings (SSSR count). The number of nitrogens with zero attached hydrogens (tertiary/aromatic N) is 4. The third-order valence-corrected chi connectivity index (χ3v) is 5.17. The number of amides is 1. The Morgan fingerprint density at radius 3 is 2.75 bits per heavy atom. The summed E-state index contributed by atoms with van der Waals surface area (Å²) < 4.78 is 11.6. The summed E-state index contributed by atoms with van der Waals surface area (Å²) in [6.07, 6.45) is 0.156. The van der Waals surface area contributed by atoms with Gasteiger partial charge in [-0.25, -0.2) is 10.4 Å². The van der Waals surface area contributed by atoms with E-state index in [0.717, 1.165) is 0 Å². The maximum atomic E-state index is 13.1. The minimum Gasteiger partial charge on any atom is -0.494 e. The lowest BCUT2D eigenvalue weighted by atomic mass is 9.85. The van der Waals surface area contributed by atoms with Crippen LogP contribution in [0.4, 0.5) is 5.69 Å². The van der Waals surface area contributed by atoms with Gasteiger partial charge in [-0.3, -0.25) is 10.2 Å². The molecule has 0 fully saturated rings. The van der Waals surface area contributed by atoms with E-state index in [2.05, 4.69) is 20.9 Å². The molecule has 1 aliphatic heterocycles. The van der Waals surface area contributed by atoms with Gasteiger partial charge in [0.15, 0.2) is 5.54 Å². The predicted octanol–water partition coefficient (Wildman–Crippen LogP) is 2.79. The molecule has 10 nitrogen and oxygen atoms in total. The van der Waals surface area contributed by atoms with Gasteiger partial charge in [-0.2, -0.15) is 0 Å². The van der Waals surface area contributed by atoms with Crippen molar-refractivity contribution in [2.24, 2.45) is 10.1 Å². The van der Waals surface area contributed by atoms with Crippen LogP contribution in [0.5, 0.6) is 5.75 Å². The first kappa shape index (κ1) is 23.1. The van der Waals surface area contributed by atoms with Crippen LogP contribution >= 0.6 is 0 Å². The molecule has 3 N–H and O–H groups in total. The number of hydrogen-bond donors (Lipinski definition) is 3. The highest BCUT2D eigenvalue weighted by molar-refractivity contribution is 6.00. The molecular weight excluding hydrogens is 412 g/mol. The van der Waals surface area contributed by atoms with Crippen LogP contribution in [-0.4, -0.2) is 48.8 Å². The van der Waals surface area contributed by atoms with E-state index in [-0.39, 0.29) is 18.9 Å². The molecule has 1 aliphatic rings. The van der Waals surface area contributed by atoms with Crippen molar-refractivity contribution in [3.8, 4) is 5.75 Å². The summed E-state index contributed by atoms with van der Waals surface area (Å²) in [5.41, 5.74) is 14.7. The fourth-order valence-electron chi connectivity index (χ4n) is 3.46. The summed E-state index contributed by atoms with van der Waals surface area (Å²) in [7, 11) is 1.60. The third kappa shape index (κ3) is 5.00. The lowest BCUT2D eigenvalue weighted by Crippen LogP contribution is -2.55. The Kier molecular flexibility index (Phi) is 7.67. The molecule has 0 aromatic heterocycles. The number of aliphatic imine (C=N–C) groups is 1. The zero-order valence-electron chi connectivity index (χ0n) is 18.0. The Morgan fingerprint density at radius 1 is 1.31 bits per heavy atom. The van der Waals surface area contributed by atoms with Crippen LogP contribution in [0.2, 0.25) is 0 Å². The average Bonchev–Trinajstić information content (AvgIpc) is 3.13. The van der Waals surface area contributed by atoms with E-state index in [1.54, 1.807) is 56.4 Å². The third-order valence-electron chi connectivity index (χ3n) is 5.17. The molecule has 32 heavy (non-hydrogen) atoms. The van der Waals surface area contributed by atoms with Gasteiger partial charge in [-0.05, 0) is 42.3 Å². The summed E-state index contributed by atoms with van der Waals surface area (Å²) >= 11 is 0. The van der Waals surface area contributed by atoms with Crippen LogP contribution < -0.4 is 15.6 Å². The van der Waals surface area contributed by atoms with Crippen molar-refractivity contribution < 1.29 is 19.4 Å². The van der Waals surface area contributed by atoms with E-state index in [0.29, 0.717) is 41.5 Å². The number of aliphatic hydroxyl groups is 1. The van der Waals surface area contributed by atoms with Crippen molar-refractivity contribution >= 4 is 17.5 Å². The summed E-state index contributed by atoms with van der Waals surface area (Å²) in [5.74, 6) is 0.644. The van der Waals surface area contributed by atoms with E-state index >= 15 is 0 Å². The lowest BCUT2D eigenvalue weighted by molar-refractivity contribution is -0.129. The van der Waals surface area contributed by atoms with Crippen molar-refractivity contribution in [3.63, 3.8) is 0 Å². The first-order valence-corrected chi connectivity index (χ1v) is 10.2. The molecule has 1 heterocycles. The van der Waals surface area contributed by atoms with E-state index in [9.17, 15) is 4.79 Å². The lowest BCUT2D eigenvalue weighted by Gasteiger charge is -2.28. The maximum absolute atomic E-state index is 13.1. The van der Waals surface area contributed by atoms with Gasteiger partial charge in [0.05, 0.1) is 6.61 Å². The maximum Gasteiger partial charge on any atom is 0.266 e. The molecule has 0 saturated carbocycles. The number of ether oxygens (including phenoxy) is 2. The number of rotatable bonds is 10. The Balaban J connectivity index is 1.94. The van der Waals surface area contributed by atoms with Gasteiger partial charge in [0.1, 0.15) is 11.9 Å². The largest absolute Gasteiger partial charge is 0.494 e. The highest BCUT2D eigenvalue weighted by Crippen LogP contribution is 2.35. The molecule has 0 spiro atoms. The summed E-state index contributed by atoms with van der Waals surface area (Å²) in [4.78, 5) is 20.7. The minimum absolute atomic E-state index is 0.0696. The number of benzene rings is 2. The molecule has 10 heteroatoms. The number of carbonyl (C=O) groups is 1. The van der Waals surface area contributed by atoms with E-state index in [1.165, 1.54) is 0 Å². The number of azide groups is 1. The Labute approximate surface area is 185 Å². The number of hydrazine groups is 1. The highest BCUT2D eigenvalue weighted by Gasteiger charge is 2.50. The fourth-order valence-corrected chi connectivity index (χ4v) is 3.46. The molecule has 2 aromatic rings. The first-order valence-electron chi connectivity index (χ1n) is 10.2. The van der Waals surface area contributed by atoms with Gasteiger partial charge in [-0.15, -0.1) is 0 Å². The van der Waals surface area contributed by atoms with Crippen LogP contribution in [0.1, 0.15) is 24.5 Å². The molecule has 0 aliphatic carbocycles. The smallest absolute Gasteiger partial charge is 0.266 e. The number of carbonyl (C=O) groups excluding carboxylic acids is 1. The molecule has 2 atom stereocenters. The molecule has 0 unspecified atom stereocenters. The number of hydrogen-bond acceptors (Lipinski definition) is 7. The SMILES string of the molecule is CNNC(=O)[C@@]1(Cc2ccccc2N=[N+]=[N-])N=C(c2ccc(OCCCO)cc2)O[C@H]1C. The van der Waals surface area contributed by atoms with Crippen molar-refractivity contribution in [3.05, 3.63) is 70.1 Å². The Hall–Kier alpha value is -3.59. The Morgan fingerprint density at radius 2 is 2.06 bits per heavy atom. The van der Waals surface area contributed by atoms with Crippen LogP contribution in [0, 0.1) is 0 Å². The highest BCUT2D eigenvalue weighted by atomic mass is 16.5. The van der Waals surface area contributed by atoms with E-state index < -0.39 is 11.6 Å². The second kappa shape index (κ2) is 10.6. The van der Waals surface area contributed by atoms with E-state index in [4.69, 9.17) is 25.1 Å². The Bertz CT molecular complexity index is 1020. The molecule has 168 valence electrons. The zero-order chi connectivity index (χ0) is 23.0. The second-order valence-corrected chi connectivity index (χ2v) is 7.25. The molecular formula is C22H26N6O4. The molecule has 0 bridgehead atoms. The first-order chi connectivity index (χ1) is 15.5. The van der Waals surface area contributed by atoms with Crippen molar-refractivity contribution in [2.45, 2.75) is 31.4 Å². The normalized spacial score (nSPS) is 19.5. The minimum atomic E-state index is -1.27. The predicted molar refractivity (Wildman–Crippen MR) is 120 cm³/mol. The average molecular weight is 438 g/mol. The summed E-state index contributed by atoms with van der Waals surface area (Å²) in [6, 6.07) is 14.3. The van der Waals surface area contributed by atoms with Crippen molar-refractivity contribution in [1.29, 1.82) is 0 Å². The molecule has 0 radical (unpaired) electrons. The van der Waals surface area contributed by atoms with Gasteiger partial charge in [-0.1, -0.05) is 29.4 Å². The second-order valence-electron chi connectivity index (χ2n) is 7.25. The number of nitrogens with one attached hydrogen (secondary N) is 2. The van der Waals surface area contributed by atoms with Crippen LogP contribution in [0.25, 0.3) is 10.4 Å². The topological polar surface area (TPSA) is 141 Å². The van der Waals surface area contributed by atoms with Crippen molar-refractivity contribution in [1.82, 2.24) is 10.9 Å². The molecule has 0 saturated heterocycles. The standard InChI is InChI=1S/C22H26N6O4/c1-15-22(21(30)27-24-2,14-17-6-3-4-7-19(17)26-28-23)25-20(32-15)16-8-10-18(11-9-16)31-13-5-12-29/h3-4,6-11,15,24,29H,5,12-14H2,1-2H3,(H,27,30)/t15-,22-/m0/s1. The summed E-state index contributed by atoms with van der Waals surface area (Å²) in [6.45, 7) is 2.27. The molecule has 2 aromatic carbocycles. The van der Waals surface area contributed by atoms with Gasteiger partial charge in [0.25, 0.3) is 5.91 Å². The van der Waals surface area contributed by atoms with Crippen LogP contribution in [0.15, 0.2) is 58.6 Å². The quantitative estimate of drug-likeness (QED) is 0.172. The molecule has 1 amide bonds. The zero-order valence-corrected chi connectivity index (χ0v) is 18.0. The monoisotopic (exact) mass is 438 g/mol. The van der Waals surface area contributed by atoms with Crippen molar-refractivity contribution in [2.75, 3.05) is 20.3 Å². The summed E-state index contributed by atoms with van der Waals surface area (Å²) in [5, 5.41) is 12.6.